The van der Waals surface area contributed by atoms with E-state index in [9.17, 15) is 0 Å². The molecule has 0 saturated carbocycles. The minimum Gasteiger partial charge on any atom is -1.00 e. The first-order valence-electron chi connectivity index (χ1n) is 3.74. The van der Waals surface area contributed by atoms with Gasteiger partial charge in [0, 0.05) is 0 Å². The maximum atomic E-state index is 3.82. The Kier molecular flexibility index (Phi) is 4.92. The first-order chi connectivity index (χ1) is 4.83. The van der Waals surface area contributed by atoms with Crippen LogP contribution < -0.4 is 18.1 Å². The van der Waals surface area contributed by atoms with Gasteiger partial charge in [0.2, 0.25) is 0 Å². The second kappa shape index (κ2) is 5.16. The summed E-state index contributed by atoms with van der Waals surface area (Å²) in [5.41, 5.74) is 6.33. The summed E-state index contributed by atoms with van der Waals surface area (Å²) in [4.78, 5) is 0. The van der Waals surface area contributed by atoms with Gasteiger partial charge in [0.1, 0.15) is 5.69 Å². The topological polar surface area (TPSA) is 27.6 Å². The Labute approximate surface area is 74.0 Å². The van der Waals surface area contributed by atoms with E-state index in [1.165, 1.54) is 18.4 Å². The van der Waals surface area contributed by atoms with Crippen LogP contribution in [0.25, 0.3) is 0 Å². The van der Waals surface area contributed by atoms with Crippen LogP contribution in [0.2, 0.25) is 0 Å². The average molecular weight is 172 g/mol. The summed E-state index contributed by atoms with van der Waals surface area (Å²) in [7, 11) is 0. The maximum Gasteiger partial charge on any atom is 0.127 e. The summed E-state index contributed by atoms with van der Waals surface area (Å²) < 4.78 is 0. The largest absolute Gasteiger partial charge is 1.00 e. The van der Waals surface area contributed by atoms with E-state index in [1.54, 1.807) is 0 Å². The van der Waals surface area contributed by atoms with E-state index < -0.39 is 0 Å². The maximum absolute atomic E-state index is 3.82. The molecule has 0 unspecified atom stereocenters. The molecule has 0 saturated heterocycles. The highest BCUT2D eigenvalue weighted by molar-refractivity contribution is 5.31. The van der Waals surface area contributed by atoms with Crippen LogP contribution in [0.1, 0.15) is 18.9 Å². The first-order valence-corrected chi connectivity index (χ1v) is 3.74. The van der Waals surface area contributed by atoms with Gasteiger partial charge < -0.3 is 18.1 Å². The molecule has 1 aromatic rings. The molecule has 1 aromatic carbocycles. The quantitative estimate of drug-likeness (QED) is 0.562. The molecule has 0 aliphatic heterocycles. The predicted molar refractivity (Wildman–Crippen MR) is 43.0 cm³/mol. The van der Waals surface area contributed by atoms with Crippen molar-refractivity contribution in [3.05, 3.63) is 29.8 Å². The molecule has 62 valence electrons. The fraction of sp³-hybridized carbons (Fsp3) is 0.333. The average Bonchev–Trinajstić information content (AvgIpc) is 1.95. The van der Waals surface area contributed by atoms with Crippen molar-refractivity contribution in [2.24, 2.45) is 0 Å². The normalized spacial score (nSPS) is 8.91. The monoisotopic (exact) mass is 171 g/mol. The number of quaternary nitrogens is 1. The summed E-state index contributed by atoms with van der Waals surface area (Å²) in [6.07, 6.45) is 2.40. The fourth-order valence-corrected chi connectivity index (χ4v) is 0.995. The summed E-state index contributed by atoms with van der Waals surface area (Å²) in [6, 6.07) is 8.41. The third-order valence-corrected chi connectivity index (χ3v) is 1.56. The van der Waals surface area contributed by atoms with Gasteiger partial charge in [-0.25, -0.2) is 0 Å². The van der Waals surface area contributed by atoms with Crippen molar-refractivity contribution in [1.82, 2.24) is 0 Å². The van der Waals surface area contributed by atoms with Crippen molar-refractivity contribution in [1.29, 1.82) is 0 Å². The molecule has 0 fully saturated rings. The van der Waals surface area contributed by atoms with E-state index >= 15 is 0 Å². The van der Waals surface area contributed by atoms with E-state index in [2.05, 4.69) is 36.9 Å². The minimum absolute atomic E-state index is 0. The van der Waals surface area contributed by atoms with Crippen molar-refractivity contribution in [2.45, 2.75) is 19.8 Å². The van der Waals surface area contributed by atoms with Crippen molar-refractivity contribution < 1.29 is 18.1 Å². The van der Waals surface area contributed by atoms with Gasteiger partial charge in [0.25, 0.3) is 0 Å². The van der Waals surface area contributed by atoms with Gasteiger partial charge in [-0.05, 0) is 24.1 Å². The zero-order chi connectivity index (χ0) is 7.40. The lowest BCUT2D eigenvalue weighted by atomic mass is 10.1. The Bertz CT molecular complexity index is 193. The summed E-state index contributed by atoms with van der Waals surface area (Å²) in [6.45, 7) is 2.19. The molecule has 0 aliphatic carbocycles. The molecule has 0 atom stereocenters. The molecule has 0 aromatic heterocycles. The number of benzene rings is 1. The molecule has 1 nitrogen and oxygen atoms in total. The summed E-state index contributed by atoms with van der Waals surface area (Å²) >= 11 is 0. The number of hydrogen-bond acceptors (Lipinski definition) is 0. The highest BCUT2D eigenvalue weighted by atomic mass is 35.5. The Morgan fingerprint density at radius 2 is 1.73 bits per heavy atom. The Hall–Kier alpha value is -0.530. The number of halogens is 1. The molecule has 0 amide bonds. The lowest BCUT2D eigenvalue weighted by molar-refractivity contribution is -0.254. The smallest absolute Gasteiger partial charge is 0.127 e. The van der Waals surface area contributed by atoms with Crippen LogP contribution in [0, 0.1) is 0 Å². The van der Waals surface area contributed by atoms with E-state index in [4.69, 9.17) is 0 Å². The molecule has 0 radical (unpaired) electrons. The Morgan fingerprint density at radius 1 is 1.18 bits per heavy atom. The zero-order valence-corrected chi connectivity index (χ0v) is 7.56. The van der Waals surface area contributed by atoms with E-state index in [-0.39, 0.29) is 12.4 Å². The molecule has 0 heterocycles. The zero-order valence-electron chi connectivity index (χ0n) is 6.81. The molecule has 0 aliphatic rings. The molecule has 0 spiro atoms. The highest BCUT2D eigenvalue weighted by Gasteiger charge is 1.90. The van der Waals surface area contributed by atoms with Gasteiger partial charge in [-0.1, -0.05) is 25.5 Å². The Morgan fingerprint density at radius 3 is 2.18 bits per heavy atom. The van der Waals surface area contributed by atoms with Crippen LogP contribution in [-0.4, -0.2) is 0 Å². The van der Waals surface area contributed by atoms with Crippen LogP contribution >= 0.6 is 0 Å². The molecular weight excluding hydrogens is 158 g/mol. The van der Waals surface area contributed by atoms with Crippen LogP contribution in [-0.2, 0) is 6.42 Å². The van der Waals surface area contributed by atoms with Crippen molar-refractivity contribution in [3.63, 3.8) is 0 Å². The number of rotatable bonds is 2. The van der Waals surface area contributed by atoms with Gasteiger partial charge in [0.05, 0.1) is 0 Å². The minimum atomic E-state index is 0. The van der Waals surface area contributed by atoms with E-state index in [0.717, 1.165) is 5.69 Å². The van der Waals surface area contributed by atoms with Crippen LogP contribution in [0.15, 0.2) is 24.3 Å². The highest BCUT2D eigenvalue weighted by Crippen LogP contribution is 2.05. The second-order valence-electron chi connectivity index (χ2n) is 2.57. The Balaban J connectivity index is 0.000001000. The lowest BCUT2D eigenvalue weighted by Gasteiger charge is -1.95. The lowest BCUT2D eigenvalue weighted by Crippen LogP contribution is -3.00. The van der Waals surface area contributed by atoms with Gasteiger partial charge >= 0.3 is 0 Å². The van der Waals surface area contributed by atoms with E-state index in [1.807, 2.05) is 0 Å². The molecular formula is C9H14ClN. The van der Waals surface area contributed by atoms with Gasteiger partial charge in [0.15, 0.2) is 0 Å². The third-order valence-electron chi connectivity index (χ3n) is 1.56. The van der Waals surface area contributed by atoms with Crippen molar-refractivity contribution >= 4 is 5.69 Å². The van der Waals surface area contributed by atoms with Crippen LogP contribution in [0.4, 0.5) is 5.69 Å². The summed E-state index contributed by atoms with van der Waals surface area (Å²) in [5, 5.41) is 0. The number of aryl methyl sites for hydroxylation is 1. The van der Waals surface area contributed by atoms with Gasteiger partial charge in [-0.3, -0.25) is 0 Å². The molecule has 11 heavy (non-hydrogen) atoms. The SMILES string of the molecule is CCCc1ccc([NH3+])cc1.[Cl-]. The number of hydrogen-bond donors (Lipinski definition) is 1. The van der Waals surface area contributed by atoms with Gasteiger partial charge in [-0.15, -0.1) is 0 Å². The molecule has 1 rings (SSSR count). The molecule has 3 N–H and O–H groups in total. The summed E-state index contributed by atoms with van der Waals surface area (Å²) in [5.74, 6) is 0. The predicted octanol–water partition coefficient (Wildman–Crippen LogP) is -1.48. The third kappa shape index (κ3) is 3.40. The fourth-order valence-electron chi connectivity index (χ4n) is 0.995. The van der Waals surface area contributed by atoms with Gasteiger partial charge in [-0.2, -0.15) is 0 Å². The van der Waals surface area contributed by atoms with Crippen LogP contribution in [0.3, 0.4) is 0 Å². The van der Waals surface area contributed by atoms with E-state index in [0.29, 0.717) is 0 Å². The standard InChI is InChI=1S/C9H13N.ClH/c1-2-3-8-4-6-9(10)7-5-8;/h4-7H,2-3,10H2,1H3;1H. The molecule has 0 bridgehead atoms. The van der Waals surface area contributed by atoms with Crippen LogP contribution in [0.5, 0.6) is 0 Å². The molecule has 2 heteroatoms. The second-order valence-corrected chi connectivity index (χ2v) is 2.57. The van der Waals surface area contributed by atoms with Crippen molar-refractivity contribution in [3.8, 4) is 0 Å². The first kappa shape index (κ1) is 10.5. The van der Waals surface area contributed by atoms with Crippen molar-refractivity contribution in [2.75, 3.05) is 0 Å².